The topological polar surface area (TPSA) is 64.9 Å². The number of nitriles is 1. The third-order valence-corrected chi connectivity index (χ3v) is 3.79. The Bertz CT molecular complexity index is 604. The molecule has 1 amide bonds. The Balaban J connectivity index is 2.27. The molecule has 0 bridgehead atoms. The summed E-state index contributed by atoms with van der Waals surface area (Å²) < 4.78 is 39.6. The Morgan fingerprint density at radius 3 is 2.67 bits per heavy atom. The number of nitrogens with zero attached hydrogens (tertiary/aromatic N) is 1. The number of amides is 1. The molecule has 8 heteroatoms. The Kier molecular flexibility index (Phi) is 4.12. The molecular formula is C13H11ClF3N3O. The van der Waals surface area contributed by atoms with E-state index in [0.29, 0.717) is 0 Å². The highest BCUT2D eigenvalue weighted by Crippen LogP contribution is 2.44. The number of halogens is 4. The minimum Gasteiger partial charge on any atom is -0.324 e. The van der Waals surface area contributed by atoms with Crippen molar-refractivity contribution < 1.29 is 18.0 Å². The van der Waals surface area contributed by atoms with Gasteiger partial charge in [0.15, 0.2) is 5.41 Å². The molecule has 21 heavy (non-hydrogen) atoms. The van der Waals surface area contributed by atoms with Gasteiger partial charge in [-0.1, -0.05) is 11.6 Å². The van der Waals surface area contributed by atoms with Gasteiger partial charge in [-0.3, -0.25) is 4.79 Å². The molecule has 1 fully saturated rings. The molecule has 1 heterocycles. The van der Waals surface area contributed by atoms with Crippen molar-refractivity contribution >= 4 is 23.2 Å². The molecule has 1 aromatic rings. The number of benzene rings is 1. The van der Waals surface area contributed by atoms with Gasteiger partial charge in [-0.25, -0.2) is 0 Å². The van der Waals surface area contributed by atoms with E-state index in [1.54, 1.807) is 0 Å². The summed E-state index contributed by atoms with van der Waals surface area (Å²) in [5.74, 6) is -1.15. The van der Waals surface area contributed by atoms with E-state index in [4.69, 9.17) is 16.9 Å². The van der Waals surface area contributed by atoms with Crippen LogP contribution in [0.3, 0.4) is 0 Å². The van der Waals surface area contributed by atoms with Crippen molar-refractivity contribution in [1.29, 1.82) is 5.26 Å². The molecule has 1 aliphatic heterocycles. The number of nitrogens with one attached hydrogen (secondary N) is 2. The molecule has 0 spiro atoms. The van der Waals surface area contributed by atoms with Crippen LogP contribution in [-0.4, -0.2) is 25.2 Å². The number of alkyl halides is 3. The molecule has 1 aliphatic rings. The lowest BCUT2D eigenvalue weighted by Gasteiger charge is -2.29. The van der Waals surface area contributed by atoms with Crippen molar-refractivity contribution in [2.75, 3.05) is 18.4 Å². The van der Waals surface area contributed by atoms with E-state index in [-0.39, 0.29) is 29.2 Å². The lowest BCUT2D eigenvalue weighted by atomic mass is 9.85. The first kappa shape index (κ1) is 15.6. The van der Waals surface area contributed by atoms with Gasteiger partial charge >= 0.3 is 6.18 Å². The highest BCUT2D eigenvalue weighted by molar-refractivity contribution is 6.33. The number of hydrogen-bond donors (Lipinski definition) is 2. The maximum atomic E-state index is 13.2. The Morgan fingerprint density at radius 1 is 1.48 bits per heavy atom. The fourth-order valence-electron chi connectivity index (χ4n) is 2.18. The Hall–Kier alpha value is -1.78. The molecule has 0 aromatic heterocycles. The first-order valence-electron chi connectivity index (χ1n) is 6.09. The van der Waals surface area contributed by atoms with E-state index in [1.807, 2.05) is 6.07 Å². The predicted octanol–water partition coefficient (Wildman–Crippen LogP) is 2.69. The van der Waals surface area contributed by atoms with Gasteiger partial charge in [0, 0.05) is 6.54 Å². The Morgan fingerprint density at radius 2 is 2.19 bits per heavy atom. The number of anilines is 1. The van der Waals surface area contributed by atoms with Crippen LogP contribution in [0.25, 0.3) is 0 Å². The van der Waals surface area contributed by atoms with Crippen molar-refractivity contribution in [2.45, 2.75) is 12.6 Å². The van der Waals surface area contributed by atoms with Crippen LogP contribution in [0.5, 0.6) is 0 Å². The summed E-state index contributed by atoms with van der Waals surface area (Å²) in [6, 6.07) is 5.81. The van der Waals surface area contributed by atoms with Crippen LogP contribution in [0.4, 0.5) is 18.9 Å². The van der Waals surface area contributed by atoms with Crippen molar-refractivity contribution in [3.8, 4) is 6.07 Å². The molecule has 112 valence electrons. The van der Waals surface area contributed by atoms with Gasteiger partial charge in [-0.05, 0) is 31.2 Å². The monoisotopic (exact) mass is 317 g/mol. The molecule has 0 radical (unpaired) electrons. The van der Waals surface area contributed by atoms with Crippen molar-refractivity contribution in [1.82, 2.24) is 5.32 Å². The average molecular weight is 318 g/mol. The summed E-state index contributed by atoms with van der Waals surface area (Å²) in [7, 11) is 0. The standard InChI is InChI=1S/C13H11ClF3N3O/c14-9-5-8(6-18)1-2-10(9)20-11(21)12(13(15,16)17)3-4-19-7-12/h1-2,5,19H,3-4,7H2,(H,20,21). The molecule has 1 atom stereocenters. The van der Waals surface area contributed by atoms with Crippen LogP contribution < -0.4 is 10.6 Å². The summed E-state index contributed by atoms with van der Waals surface area (Å²) in [5, 5.41) is 13.5. The quantitative estimate of drug-likeness (QED) is 0.881. The van der Waals surface area contributed by atoms with Crippen LogP contribution in [0, 0.1) is 16.7 Å². The largest absolute Gasteiger partial charge is 0.404 e. The minimum absolute atomic E-state index is 0.0191. The Labute approximate surface area is 123 Å². The van der Waals surface area contributed by atoms with Gasteiger partial charge in [0.25, 0.3) is 0 Å². The molecule has 2 N–H and O–H groups in total. The lowest BCUT2D eigenvalue weighted by molar-refractivity contribution is -0.213. The van der Waals surface area contributed by atoms with E-state index in [2.05, 4.69) is 10.6 Å². The van der Waals surface area contributed by atoms with E-state index < -0.39 is 24.0 Å². The highest BCUT2D eigenvalue weighted by Gasteiger charge is 2.61. The number of carbonyl (C=O) groups is 1. The summed E-state index contributed by atoms with van der Waals surface area (Å²) >= 11 is 5.86. The molecule has 1 saturated heterocycles. The van der Waals surface area contributed by atoms with Crippen LogP contribution in [0.1, 0.15) is 12.0 Å². The van der Waals surface area contributed by atoms with Gasteiger partial charge in [0.2, 0.25) is 5.91 Å². The van der Waals surface area contributed by atoms with E-state index >= 15 is 0 Å². The summed E-state index contributed by atoms with van der Waals surface area (Å²) in [4.78, 5) is 12.1. The van der Waals surface area contributed by atoms with Gasteiger partial charge in [-0.15, -0.1) is 0 Å². The maximum absolute atomic E-state index is 13.2. The molecule has 1 aromatic carbocycles. The van der Waals surface area contributed by atoms with E-state index in [9.17, 15) is 18.0 Å². The zero-order valence-electron chi connectivity index (χ0n) is 10.7. The zero-order chi connectivity index (χ0) is 15.7. The smallest absolute Gasteiger partial charge is 0.324 e. The SMILES string of the molecule is N#Cc1ccc(NC(=O)C2(C(F)(F)F)CCNC2)c(Cl)c1. The van der Waals surface area contributed by atoms with Crippen LogP contribution >= 0.6 is 11.6 Å². The van der Waals surface area contributed by atoms with Crippen molar-refractivity contribution in [2.24, 2.45) is 5.41 Å². The number of hydrogen-bond acceptors (Lipinski definition) is 3. The summed E-state index contributed by atoms with van der Waals surface area (Å²) in [5.41, 5.74) is -2.15. The second kappa shape index (κ2) is 5.54. The molecular weight excluding hydrogens is 307 g/mol. The number of rotatable bonds is 2. The van der Waals surface area contributed by atoms with Gasteiger partial charge in [0.1, 0.15) is 0 Å². The second-order valence-corrected chi connectivity index (χ2v) is 5.17. The van der Waals surface area contributed by atoms with Crippen LogP contribution in [0.15, 0.2) is 18.2 Å². The third-order valence-electron chi connectivity index (χ3n) is 3.48. The number of carbonyl (C=O) groups excluding carboxylic acids is 1. The molecule has 0 saturated carbocycles. The van der Waals surface area contributed by atoms with E-state index in [1.165, 1.54) is 18.2 Å². The maximum Gasteiger partial charge on any atom is 0.404 e. The van der Waals surface area contributed by atoms with Crippen LogP contribution in [0.2, 0.25) is 5.02 Å². The first-order chi connectivity index (χ1) is 9.80. The van der Waals surface area contributed by atoms with Gasteiger partial charge < -0.3 is 10.6 Å². The summed E-state index contributed by atoms with van der Waals surface area (Å²) in [6.07, 6.45) is -4.98. The normalized spacial score (nSPS) is 21.9. The highest BCUT2D eigenvalue weighted by atomic mass is 35.5. The molecule has 0 aliphatic carbocycles. The molecule has 4 nitrogen and oxygen atoms in total. The fraction of sp³-hybridized carbons (Fsp3) is 0.385. The van der Waals surface area contributed by atoms with Crippen molar-refractivity contribution in [3.05, 3.63) is 28.8 Å². The van der Waals surface area contributed by atoms with Crippen LogP contribution in [-0.2, 0) is 4.79 Å². The third kappa shape index (κ3) is 2.82. The predicted molar refractivity (Wildman–Crippen MR) is 70.8 cm³/mol. The average Bonchev–Trinajstić information content (AvgIpc) is 2.91. The van der Waals surface area contributed by atoms with Gasteiger partial charge in [0.05, 0.1) is 22.3 Å². The lowest BCUT2D eigenvalue weighted by Crippen LogP contribution is -2.49. The van der Waals surface area contributed by atoms with Gasteiger partial charge in [-0.2, -0.15) is 18.4 Å². The molecule has 2 rings (SSSR count). The van der Waals surface area contributed by atoms with E-state index in [0.717, 1.165) is 0 Å². The molecule has 1 unspecified atom stereocenters. The second-order valence-electron chi connectivity index (χ2n) is 4.77. The zero-order valence-corrected chi connectivity index (χ0v) is 11.5. The first-order valence-corrected chi connectivity index (χ1v) is 6.46. The minimum atomic E-state index is -4.65. The summed E-state index contributed by atoms with van der Waals surface area (Å²) in [6.45, 7) is -0.343. The van der Waals surface area contributed by atoms with Crippen molar-refractivity contribution in [3.63, 3.8) is 0 Å². The fourth-order valence-corrected chi connectivity index (χ4v) is 2.41.